The molecule has 0 aliphatic heterocycles. The van der Waals surface area contributed by atoms with Crippen molar-refractivity contribution in [2.24, 2.45) is 5.92 Å². The van der Waals surface area contributed by atoms with Gasteiger partial charge in [-0.3, -0.25) is 0 Å². The summed E-state index contributed by atoms with van der Waals surface area (Å²) < 4.78 is 0. The molecule has 0 saturated heterocycles. The Kier molecular flexibility index (Phi) is 4.02. The van der Waals surface area contributed by atoms with E-state index in [0.29, 0.717) is 0 Å². The fourth-order valence-electron chi connectivity index (χ4n) is 1.91. The quantitative estimate of drug-likeness (QED) is 0.680. The minimum atomic E-state index is -0.156. The molecule has 0 aromatic heterocycles. The number of hydrogen-bond acceptors (Lipinski definition) is 2. The van der Waals surface area contributed by atoms with Crippen molar-refractivity contribution in [2.75, 3.05) is 0 Å². The van der Waals surface area contributed by atoms with E-state index in [-0.39, 0.29) is 12.2 Å². The van der Waals surface area contributed by atoms with Gasteiger partial charge in [0.1, 0.15) is 0 Å². The normalized spacial score (nSPS) is 33.2. The van der Waals surface area contributed by atoms with Gasteiger partial charge in [-0.15, -0.1) is 0 Å². The summed E-state index contributed by atoms with van der Waals surface area (Å²) in [4.78, 5) is 0. The van der Waals surface area contributed by atoms with E-state index in [4.69, 9.17) is 5.11 Å². The lowest BCUT2D eigenvalue weighted by Gasteiger charge is -2.25. The highest BCUT2D eigenvalue weighted by molar-refractivity contribution is 4.71. The Labute approximate surface area is 74.6 Å². The van der Waals surface area contributed by atoms with Crippen LogP contribution in [0.1, 0.15) is 45.4 Å². The molecule has 1 rings (SSSR count). The zero-order valence-electron chi connectivity index (χ0n) is 7.87. The van der Waals surface area contributed by atoms with Crippen molar-refractivity contribution in [1.82, 2.24) is 0 Å². The minimum Gasteiger partial charge on any atom is -0.393 e. The molecule has 0 aromatic carbocycles. The molecule has 12 heavy (non-hydrogen) atoms. The van der Waals surface area contributed by atoms with Crippen molar-refractivity contribution in [1.29, 1.82) is 0 Å². The molecule has 72 valence electrons. The predicted molar refractivity (Wildman–Crippen MR) is 48.9 cm³/mol. The van der Waals surface area contributed by atoms with Gasteiger partial charge in [0, 0.05) is 0 Å². The zero-order chi connectivity index (χ0) is 8.97. The third-order valence-electron chi connectivity index (χ3n) is 2.81. The topological polar surface area (TPSA) is 40.5 Å². The zero-order valence-corrected chi connectivity index (χ0v) is 7.87. The summed E-state index contributed by atoms with van der Waals surface area (Å²) in [5.74, 6) is 0.753. The van der Waals surface area contributed by atoms with Crippen LogP contribution in [-0.4, -0.2) is 22.4 Å². The Morgan fingerprint density at radius 3 is 2.33 bits per heavy atom. The molecule has 0 bridgehead atoms. The van der Waals surface area contributed by atoms with E-state index in [9.17, 15) is 5.11 Å². The maximum atomic E-state index is 9.25. The molecule has 2 nitrogen and oxygen atoms in total. The van der Waals surface area contributed by atoms with E-state index in [0.717, 1.165) is 44.4 Å². The van der Waals surface area contributed by atoms with E-state index in [1.54, 1.807) is 0 Å². The monoisotopic (exact) mass is 172 g/mol. The highest BCUT2D eigenvalue weighted by atomic mass is 16.3. The van der Waals surface area contributed by atoms with Gasteiger partial charge in [-0.25, -0.2) is 0 Å². The van der Waals surface area contributed by atoms with E-state index >= 15 is 0 Å². The minimum absolute atomic E-state index is 0.0483. The van der Waals surface area contributed by atoms with Crippen LogP contribution < -0.4 is 0 Å². The van der Waals surface area contributed by atoms with Crippen LogP contribution >= 0.6 is 0 Å². The molecule has 0 heterocycles. The predicted octanol–water partition coefficient (Wildman–Crippen LogP) is 1.70. The summed E-state index contributed by atoms with van der Waals surface area (Å²) in [5, 5.41) is 18.3. The van der Waals surface area contributed by atoms with Gasteiger partial charge in [-0.1, -0.05) is 0 Å². The maximum absolute atomic E-state index is 9.25. The van der Waals surface area contributed by atoms with Crippen molar-refractivity contribution < 1.29 is 10.2 Å². The molecule has 1 fully saturated rings. The molecule has 0 amide bonds. The standard InChI is InChI=1S/C10H20O2/c1-8(11)2-3-9-4-6-10(12)7-5-9/h8-12H,2-7H2,1H3. The SMILES string of the molecule is CC(O)CCC1CCC(O)CC1. The average molecular weight is 172 g/mol. The molecule has 2 heteroatoms. The van der Waals surface area contributed by atoms with Gasteiger partial charge >= 0.3 is 0 Å². The van der Waals surface area contributed by atoms with E-state index in [2.05, 4.69) is 0 Å². The third-order valence-corrected chi connectivity index (χ3v) is 2.81. The van der Waals surface area contributed by atoms with E-state index in [1.807, 2.05) is 6.92 Å². The van der Waals surface area contributed by atoms with E-state index in [1.165, 1.54) is 0 Å². The van der Waals surface area contributed by atoms with Crippen LogP contribution in [-0.2, 0) is 0 Å². The first-order chi connectivity index (χ1) is 5.68. The fourth-order valence-corrected chi connectivity index (χ4v) is 1.91. The van der Waals surface area contributed by atoms with Gasteiger partial charge in [-0.2, -0.15) is 0 Å². The van der Waals surface area contributed by atoms with Crippen LogP contribution in [0.4, 0.5) is 0 Å². The second-order valence-corrected chi connectivity index (χ2v) is 4.10. The lowest BCUT2D eigenvalue weighted by Crippen LogP contribution is -2.19. The fraction of sp³-hybridized carbons (Fsp3) is 1.00. The van der Waals surface area contributed by atoms with Crippen molar-refractivity contribution in [3.63, 3.8) is 0 Å². The Balaban J connectivity index is 2.09. The van der Waals surface area contributed by atoms with Crippen LogP contribution in [0.15, 0.2) is 0 Å². The van der Waals surface area contributed by atoms with Crippen LogP contribution in [0.3, 0.4) is 0 Å². The maximum Gasteiger partial charge on any atom is 0.0540 e. The molecular weight excluding hydrogens is 152 g/mol. The summed E-state index contributed by atoms with van der Waals surface area (Å²) in [6, 6.07) is 0. The van der Waals surface area contributed by atoms with Crippen molar-refractivity contribution in [3.05, 3.63) is 0 Å². The third kappa shape index (κ3) is 3.55. The molecule has 0 spiro atoms. The Hall–Kier alpha value is -0.0800. The smallest absolute Gasteiger partial charge is 0.0540 e. The summed E-state index contributed by atoms with van der Waals surface area (Å²) in [6.07, 6.45) is 6.06. The molecule has 0 radical (unpaired) electrons. The Morgan fingerprint density at radius 2 is 1.83 bits per heavy atom. The molecule has 1 atom stereocenters. The molecule has 0 aromatic rings. The van der Waals surface area contributed by atoms with Crippen LogP contribution in [0.5, 0.6) is 0 Å². The number of aliphatic hydroxyl groups is 2. The average Bonchev–Trinajstić information content (AvgIpc) is 2.03. The molecule has 1 unspecified atom stereocenters. The van der Waals surface area contributed by atoms with Crippen LogP contribution in [0.2, 0.25) is 0 Å². The molecule has 2 N–H and O–H groups in total. The van der Waals surface area contributed by atoms with Crippen LogP contribution in [0.25, 0.3) is 0 Å². The first-order valence-corrected chi connectivity index (χ1v) is 5.04. The lowest BCUT2D eigenvalue weighted by atomic mass is 9.84. The second kappa shape index (κ2) is 4.83. The van der Waals surface area contributed by atoms with Crippen molar-refractivity contribution in [2.45, 2.75) is 57.7 Å². The van der Waals surface area contributed by atoms with Gasteiger partial charge in [0.2, 0.25) is 0 Å². The molecule has 1 aliphatic rings. The molecule has 1 saturated carbocycles. The van der Waals surface area contributed by atoms with Crippen LogP contribution in [0, 0.1) is 5.92 Å². The van der Waals surface area contributed by atoms with Crippen molar-refractivity contribution >= 4 is 0 Å². The van der Waals surface area contributed by atoms with Gasteiger partial charge in [0.25, 0.3) is 0 Å². The Morgan fingerprint density at radius 1 is 1.25 bits per heavy atom. The first kappa shape index (κ1) is 10.0. The summed E-state index contributed by atoms with van der Waals surface area (Å²) in [5.41, 5.74) is 0. The van der Waals surface area contributed by atoms with Crippen molar-refractivity contribution in [3.8, 4) is 0 Å². The molecular formula is C10H20O2. The first-order valence-electron chi connectivity index (χ1n) is 5.04. The second-order valence-electron chi connectivity index (χ2n) is 4.10. The number of hydrogen-bond donors (Lipinski definition) is 2. The highest BCUT2D eigenvalue weighted by Crippen LogP contribution is 2.27. The largest absolute Gasteiger partial charge is 0.393 e. The summed E-state index contributed by atoms with van der Waals surface area (Å²) >= 11 is 0. The van der Waals surface area contributed by atoms with E-state index < -0.39 is 0 Å². The summed E-state index contributed by atoms with van der Waals surface area (Å²) in [7, 11) is 0. The van der Waals surface area contributed by atoms with Gasteiger partial charge < -0.3 is 10.2 Å². The Bertz CT molecular complexity index is 115. The van der Waals surface area contributed by atoms with Gasteiger partial charge in [0.05, 0.1) is 12.2 Å². The summed E-state index contributed by atoms with van der Waals surface area (Å²) in [6.45, 7) is 1.84. The highest BCUT2D eigenvalue weighted by Gasteiger charge is 2.19. The molecule has 1 aliphatic carbocycles. The van der Waals surface area contributed by atoms with Gasteiger partial charge in [0.15, 0.2) is 0 Å². The number of rotatable bonds is 3. The lowest BCUT2D eigenvalue weighted by molar-refractivity contribution is 0.0990. The number of aliphatic hydroxyl groups excluding tert-OH is 2. The van der Waals surface area contributed by atoms with Gasteiger partial charge in [-0.05, 0) is 51.4 Å².